The van der Waals surface area contributed by atoms with Gasteiger partial charge >= 0.3 is 5.97 Å². The number of nitriles is 1. The number of nitrogens with one attached hydrogen (secondary N) is 1. The summed E-state index contributed by atoms with van der Waals surface area (Å²) in [6.45, 7) is 1.55. The normalized spacial score (nSPS) is 15.7. The second-order valence-electron chi connectivity index (χ2n) is 6.00. The lowest BCUT2D eigenvalue weighted by Crippen LogP contribution is -2.30. The summed E-state index contributed by atoms with van der Waals surface area (Å²) in [5.74, 6) is -0.0972. The first-order valence-corrected chi connectivity index (χ1v) is 8.09. The van der Waals surface area contributed by atoms with Crippen LogP contribution in [0.5, 0.6) is 0 Å². The highest BCUT2D eigenvalue weighted by atomic mass is 16.5. The first-order chi connectivity index (χ1) is 11.1. The van der Waals surface area contributed by atoms with Gasteiger partial charge in [-0.15, -0.1) is 0 Å². The fourth-order valence-electron chi connectivity index (χ4n) is 2.84. The molecule has 1 N–H and O–H groups in total. The van der Waals surface area contributed by atoms with Gasteiger partial charge in [-0.25, -0.2) is 0 Å². The van der Waals surface area contributed by atoms with Crippen molar-refractivity contribution in [2.75, 3.05) is 5.32 Å². The zero-order chi connectivity index (χ0) is 16.7. The van der Waals surface area contributed by atoms with Crippen LogP contribution in [0, 0.1) is 17.2 Å². The van der Waals surface area contributed by atoms with E-state index in [1.807, 2.05) is 6.07 Å². The van der Waals surface area contributed by atoms with E-state index < -0.39 is 12.0 Å². The highest BCUT2D eigenvalue weighted by molar-refractivity contribution is 5.95. The van der Waals surface area contributed by atoms with E-state index in [1.54, 1.807) is 31.2 Å². The van der Waals surface area contributed by atoms with E-state index in [0.29, 0.717) is 23.6 Å². The molecule has 1 fully saturated rings. The molecule has 122 valence electrons. The lowest BCUT2D eigenvalue weighted by molar-refractivity contribution is -0.153. The van der Waals surface area contributed by atoms with Crippen LogP contribution in [0.4, 0.5) is 5.69 Å². The minimum absolute atomic E-state index is 0.328. The van der Waals surface area contributed by atoms with Crippen molar-refractivity contribution in [2.45, 2.75) is 51.6 Å². The zero-order valence-corrected chi connectivity index (χ0v) is 13.4. The van der Waals surface area contributed by atoms with Gasteiger partial charge in [0.15, 0.2) is 6.10 Å². The number of ether oxygens (including phenoxy) is 1. The van der Waals surface area contributed by atoms with Gasteiger partial charge in [-0.2, -0.15) is 5.26 Å². The van der Waals surface area contributed by atoms with Gasteiger partial charge in [0.2, 0.25) is 0 Å². The molecule has 0 bridgehead atoms. The van der Waals surface area contributed by atoms with E-state index in [2.05, 4.69) is 5.32 Å². The summed E-state index contributed by atoms with van der Waals surface area (Å²) in [6, 6.07) is 8.61. The predicted molar refractivity (Wildman–Crippen MR) is 86.5 cm³/mol. The maximum Gasteiger partial charge on any atom is 0.306 e. The summed E-state index contributed by atoms with van der Waals surface area (Å²) >= 11 is 0. The number of nitrogens with zero attached hydrogens (tertiary/aromatic N) is 1. The first-order valence-electron chi connectivity index (χ1n) is 8.09. The Bertz CT molecular complexity index is 601. The average Bonchev–Trinajstić information content (AvgIpc) is 3.06. The zero-order valence-electron chi connectivity index (χ0n) is 13.4. The molecule has 23 heavy (non-hydrogen) atoms. The van der Waals surface area contributed by atoms with Gasteiger partial charge in [-0.1, -0.05) is 31.7 Å². The number of anilines is 1. The Morgan fingerprint density at radius 1 is 1.39 bits per heavy atom. The molecule has 1 saturated carbocycles. The monoisotopic (exact) mass is 314 g/mol. The molecule has 0 saturated heterocycles. The Morgan fingerprint density at radius 3 is 2.83 bits per heavy atom. The van der Waals surface area contributed by atoms with E-state index in [4.69, 9.17) is 10.00 Å². The molecule has 1 atom stereocenters. The summed E-state index contributed by atoms with van der Waals surface area (Å²) in [5.41, 5.74) is 0.979. The second kappa shape index (κ2) is 8.33. The van der Waals surface area contributed by atoms with Crippen LogP contribution in [-0.2, 0) is 14.3 Å². The van der Waals surface area contributed by atoms with Gasteiger partial charge in [-0.3, -0.25) is 9.59 Å². The number of benzene rings is 1. The van der Waals surface area contributed by atoms with Crippen LogP contribution in [0.2, 0.25) is 0 Å². The van der Waals surface area contributed by atoms with Gasteiger partial charge < -0.3 is 10.1 Å². The van der Waals surface area contributed by atoms with Crippen molar-refractivity contribution in [3.05, 3.63) is 29.8 Å². The smallest absolute Gasteiger partial charge is 0.306 e. The molecule has 5 nitrogen and oxygen atoms in total. The first kappa shape index (κ1) is 17.0. The number of carbonyl (C=O) groups is 2. The van der Waals surface area contributed by atoms with Crippen LogP contribution in [0.3, 0.4) is 0 Å². The molecule has 1 aromatic carbocycles. The number of amides is 1. The van der Waals surface area contributed by atoms with Gasteiger partial charge in [-0.05, 0) is 37.5 Å². The molecule has 0 unspecified atom stereocenters. The Labute approximate surface area is 136 Å². The number of hydrogen-bond acceptors (Lipinski definition) is 4. The fraction of sp³-hybridized carbons (Fsp3) is 0.500. The third-order valence-electron chi connectivity index (χ3n) is 4.17. The van der Waals surface area contributed by atoms with Crippen LogP contribution >= 0.6 is 0 Å². The van der Waals surface area contributed by atoms with E-state index in [0.717, 1.165) is 6.42 Å². The molecule has 1 aliphatic carbocycles. The minimum Gasteiger partial charge on any atom is -0.453 e. The van der Waals surface area contributed by atoms with Gasteiger partial charge in [0.25, 0.3) is 5.91 Å². The van der Waals surface area contributed by atoms with Crippen molar-refractivity contribution in [3.8, 4) is 6.07 Å². The minimum atomic E-state index is -0.850. The van der Waals surface area contributed by atoms with E-state index in [9.17, 15) is 9.59 Å². The molecule has 1 aromatic rings. The molecular formula is C18H22N2O3. The van der Waals surface area contributed by atoms with E-state index in [-0.39, 0.29) is 5.97 Å². The van der Waals surface area contributed by atoms with Crippen LogP contribution in [0.15, 0.2) is 24.3 Å². The molecule has 0 radical (unpaired) electrons. The summed E-state index contributed by atoms with van der Waals surface area (Å²) in [4.78, 5) is 23.9. The molecule has 5 heteroatoms. The molecule has 0 aromatic heterocycles. The fourth-order valence-corrected chi connectivity index (χ4v) is 2.84. The van der Waals surface area contributed by atoms with Crippen molar-refractivity contribution < 1.29 is 14.3 Å². The number of rotatable bonds is 6. The molecule has 1 amide bonds. The summed E-state index contributed by atoms with van der Waals surface area (Å²) in [5, 5.41) is 11.5. The van der Waals surface area contributed by atoms with Crippen molar-refractivity contribution in [3.63, 3.8) is 0 Å². The lowest BCUT2D eigenvalue weighted by atomic mass is 10.0. The molecular weight excluding hydrogens is 292 g/mol. The Morgan fingerprint density at radius 2 is 2.13 bits per heavy atom. The van der Waals surface area contributed by atoms with Gasteiger partial charge in [0, 0.05) is 12.1 Å². The Hall–Kier alpha value is -2.35. The third-order valence-corrected chi connectivity index (χ3v) is 4.17. The largest absolute Gasteiger partial charge is 0.453 e. The predicted octanol–water partition coefficient (Wildman–Crippen LogP) is 3.40. The van der Waals surface area contributed by atoms with E-state index in [1.165, 1.54) is 25.7 Å². The molecule has 0 heterocycles. The highest BCUT2D eigenvalue weighted by Gasteiger charge is 2.20. The van der Waals surface area contributed by atoms with Crippen LogP contribution in [-0.4, -0.2) is 18.0 Å². The summed E-state index contributed by atoms with van der Waals surface area (Å²) in [7, 11) is 0. The summed E-state index contributed by atoms with van der Waals surface area (Å²) in [6.07, 6.45) is 5.25. The molecule has 0 aliphatic heterocycles. The van der Waals surface area contributed by atoms with Crippen molar-refractivity contribution in [1.82, 2.24) is 0 Å². The second-order valence-corrected chi connectivity index (χ2v) is 6.00. The van der Waals surface area contributed by atoms with Crippen LogP contribution in [0.1, 0.15) is 51.0 Å². The SMILES string of the molecule is C[C@H](OC(=O)CCC1CCCC1)C(=O)Nc1cccc(C#N)c1. The maximum atomic E-state index is 12.0. The van der Waals surface area contributed by atoms with Crippen molar-refractivity contribution in [2.24, 2.45) is 5.92 Å². The Balaban J connectivity index is 1.77. The van der Waals surface area contributed by atoms with Crippen LogP contribution < -0.4 is 5.32 Å². The number of carbonyl (C=O) groups excluding carboxylic acids is 2. The number of hydrogen-bond donors (Lipinski definition) is 1. The van der Waals surface area contributed by atoms with E-state index >= 15 is 0 Å². The molecule has 1 aliphatic rings. The summed E-state index contributed by atoms with van der Waals surface area (Å²) < 4.78 is 5.18. The standard InChI is InChI=1S/C18H22N2O3/c1-13(23-17(21)10-9-14-5-2-3-6-14)18(22)20-16-8-4-7-15(11-16)12-19/h4,7-8,11,13-14H,2-3,5-6,9-10H2,1H3,(H,20,22)/t13-/m0/s1. The maximum absolute atomic E-state index is 12.0. The average molecular weight is 314 g/mol. The highest BCUT2D eigenvalue weighted by Crippen LogP contribution is 2.28. The van der Waals surface area contributed by atoms with Crippen LogP contribution in [0.25, 0.3) is 0 Å². The van der Waals surface area contributed by atoms with Gasteiger partial charge in [0.05, 0.1) is 11.6 Å². The lowest BCUT2D eigenvalue weighted by Gasteiger charge is -2.14. The quantitative estimate of drug-likeness (QED) is 0.816. The van der Waals surface area contributed by atoms with Gasteiger partial charge in [0.1, 0.15) is 0 Å². The Kier molecular flexibility index (Phi) is 6.16. The number of esters is 1. The molecule has 0 spiro atoms. The van der Waals surface area contributed by atoms with Crippen molar-refractivity contribution >= 4 is 17.6 Å². The van der Waals surface area contributed by atoms with Crippen molar-refractivity contribution in [1.29, 1.82) is 5.26 Å². The molecule has 2 rings (SSSR count). The topological polar surface area (TPSA) is 79.2 Å². The third kappa shape index (κ3) is 5.41.